The number of nitrogens with zero attached hydrogens (tertiary/aromatic N) is 5. The Morgan fingerprint density at radius 1 is 1.09 bits per heavy atom. The van der Waals surface area contributed by atoms with Crippen LogP contribution in [0.2, 0.25) is 5.02 Å². The van der Waals surface area contributed by atoms with Crippen LogP contribution >= 0.6 is 11.6 Å². The van der Waals surface area contributed by atoms with Crippen LogP contribution in [0.5, 0.6) is 0 Å². The van der Waals surface area contributed by atoms with Gasteiger partial charge in [0.2, 0.25) is 0 Å². The topological polar surface area (TPSA) is 55.4 Å². The number of aromatic nitrogens is 4. The van der Waals surface area contributed by atoms with Crippen molar-refractivity contribution < 1.29 is 0 Å². The molecule has 0 unspecified atom stereocenters. The third-order valence-electron chi connectivity index (χ3n) is 3.63. The normalized spacial score (nSPS) is 11.7. The fourth-order valence-corrected chi connectivity index (χ4v) is 2.61. The van der Waals surface area contributed by atoms with E-state index in [0.29, 0.717) is 10.7 Å². The van der Waals surface area contributed by atoms with Gasteiger partial charge in [0.05, 0.1) is 11.2 Å². The molecule has 2 aromatic heterocycles. The summed E-state index contributed by atoms with van der Waals surface area (Å²) in [7, 11) is 0. The van der Waals surface area contributed by atoms with Crippen LogP contribution in [0.15, 0.2) is 53.5 Å². The predicted molar refractivity (Wildman–Crippen MR) is 91.7 cm³/mol. The van der Waals surface area contributed by atoms with E-state index in [4.69, 9.17) is 11.6 Å². The Morgan fingerprint density at radius 3 is 2.74 bits per heavy atom. The van der Waals surface area contributed by atoms with Crippen molar-refractivity contribution in [3.63, 3.8) is 0 Å². The zero-order valence-corrected chi connectivity index (χ0v) is 13.1. The van der Waals surface area contributed by atoms with Gasteiger partial charge in [-0.1, -0.05) is 23.7 Å². The molecule has 5 nitrogen and oxygen atoms in total. The van der Waals surface area contributed by atoms with Gasteiger partial charge in [0.25, 0.3) is 0 Å². The number of fused-ring (bicyclic) bond motifs is 3. The monoisotopic (exact) mass is 321 g/mol. The predicted octanol–water partition coefficient (Wildman–Crippen LogP) is 3.99. The number of aryl methyl sites for hydroxylation is 1. The van der Waals surface area contributed by atoms with Gasteiger partial charge in [-0.15, -0.1) is 5.10 Å². The molecule has 2 heterocycles. The van der Waals surface area contributed by atoms with E-state index in [-0.39, 0.29) is 0 Å². The Morgan fingerprint density at radius 2 is 1.91 bits per heavy atom. The summed E-state index contributed by atoms with van der Waals surface area (Å²) in [6.07, 6.45) is 1.77. The number of rotatable bonds is 2. The van der Waals surface area contributed by atoms with Crippen molar-refractivity contribution in [2.45, 2.75) is 6.92 Å². The molecule has 0 fully saturated rings. The maximum absolute atomic E-state index is 5.89. The average molecular weight is 322 g/mol. The standard InChI is InChI=1S/C17H12ClN5/c1-11-2-3-12-9-13(10-19-15-6-4-14(18)5-7-15)17-20-21-22-23(17)16(12)8-11/h2-10H,1H3. The zero-order chi connectivity index (χ0) is 15.8. The number of aliphatic imine (C=N–C) groups is 1. The van der Waals surface area contributed by atoms with Gasteiger partial charge >= 0.3 is 0 Å². The maximum Gasteiger partial charge on any atom is 0.188 e. The van der Waals surface area contributed by atoms with Crippen molar-refractivity contribution in [2.75, 3.05) is 0 Å². The lowest BCUT2D eigenvalue weighted by Gasteiger charge is -2.04. The number of hydrogen-bond acceptors (Lipinski definition) is 4. The molecule has 0 atom stereocenters. The van der Waals surface area contributed by atoms with Crippen molar-refractivity contribution in [3.05, 3.63) is 64.7 Å². The highest BCUT2D eigenvalue weighted by Crippen LogP contribution is 2.21. The minimum Gasteiger partial charge on any atom is -0.256 e. The second kappa shape index (κ2) is 5.44. The van der Waals surface area contributed by atoms with E-state index in [1.54, 1.807) is 10.7 Å². The van der Waals surface area contributed by atoms with Gasteiger partial charge in [0.1, 0.15) is 0 Å². The maximum atomic E-state index is 5.89. The SMILES string of the molecule is Cc1ccc2cc(C=Nc3ccc(Cl)cc3)c3nnnn3c2c1. The molecule has 0 radical (unpaired) electrons. The Labute approximate surface area is 137 Å². The van der Waals surface area contributed by atoms with E-state index < -0.39 is 0 Å². The first-order chi connectivity index (χ1) is 11.2. The van der Waals surface area contributed by atoms with Crippen molar-refractivity contribution in [3.8, 4) is 0 Å². The number of halogens is 1. The highest BCUT2D eigenvalue weighted by molar-refractivity contribution is 6.30. The molecule has 0 aliphatic rings. The number of tetrazole rings is 1. The van der Waals surface area contributed by atoms with Crippen molar-refractivity contribution >= 4 is 40.1 Å². The molecule has 0 saturated carbocycles. The molecule has 23 heavy (non-hydrogen) atoms. The van der Waals surface area contributed by atoms with Gasteiger partial charge in [-0.05, 0) is 59.3 Å². The largest absolute Gasteiger partial charge is 0.256 e. The van der Waals surface area contributed by atoms with Gasteiger partial charge in [-0.25, -0.2) is 0 Å². The first-order valence-corrected chi connectivity index (χ1v) is 7.49. The summed E-state index contributed by atoms with van der Waals surface area (Å²) in [6, 6.07) is 15.6. The summed E-state index contributed by atoms with van der Waals surface area (Å²) in [6.45, 7) is 2.05. The zero-order valence-electron chi connectivity index (χ0n) is 12.3. The third kappa shape index (κ3) is 2.55. The summed E-state index contributed by atoms with van der Waals surface area (Å²) in [4.78, 5) is 4.48. The van der Waals surface area contributed by atoms with Gasteiger partial charge in [-0.2, -0.15) is 4.52 Å². The Balaban J connectivity index is 1.87. The second-order valence-electron chi connectivity index (χ2n) is 5.31. The molecule has 0 N–H and O–H groups in total. The van der Waals surface area contributed by atoms with Crippen LogP contribution in [0, 0.1) is 6.92 Å². The first kappa shape index (κ1) is 13.8. The fraction of sp³-hybridized carbons (Fsp3) is 0.0588. The van der Waals surface area contributed by atoms with Crippen molar-refractivity contribution in [1.29, 1.82) is 0 Å². The van der Waals surface area contributed by atoms with Gasteiger partial charge in [-0.3, -0.25) is 4.99 Å². The van der Waals surface area contributed by atoms with E-state index >= 15 is 0 Å². The third-order valence-corrected chi connectivity index (χ3v) is 3.88. The summed E-state index contributed by atoms with van der Waals surface area (Å²) in [5.74, 6) is 0. The van der Waals surface area contributed by atoms with Gasteiger partial charge < -0.3 is 0 Å². The number of hydrogen-bond donors (Lipinski definition) is 0. The molecular formula is C17H12ClN5. The fourth-order valence-electron chi connectivity index (χ4n) is 2.49. The number of benzene rings is 2. The van der Waals surface area contributed by atoms with Crippen molar-refractivity contribution in [1.82, 2.24) is 20.0 Å². The lowest BCUT2D eigenvalue weighted by molar-refractivity contribution is 0.841. The van der Waals surface area contributed by atoms with Crippen LogP contribution < -0.4 is 0 Å². The van der Waals surface area contributed by atoms with Crippen LogP contribution in [-0.2, 0) is 0 Å². The smallest absolute Gasteiger partial charge is 0.188 e. The van der Waals surface area contributed by atoms with Crippen LogP contribution in [0.3, 0.4) is 0 Å². The molecule has 6 heteroatoms. The van der Waals surface area contributed by atoms with Gasteiger partial charge in [0, 0.05) is 22.2 Å². The molecule has 4 aromatic rings. The van der Waals surface area contributed by atoms with E-state index in [0.717, 1.165) is 27.7 Å². The lowest BCUT2D eigenvalue weighted by Crippen LogP contribution is -1.96. The Kier molecular flexibility index (Phi) is 3.28. The highest BCUT2D eigenvalue weighted by Gasteiger charge is 2.08. The lowest BCUT2D eigenvalue weighted by atomic mass is 10.1. The molecule has 112 valence electrons. The van der Waals surface area contributed by atoms with Crippen molar-refractivity contribution in [2.24, 2.45) is 4.99 Å². The Hall–Kier alpha value is -2.79. The average Bonchev–Trinajstić information content (AvgIpc) is 3.04. The quantitative estimate of drug-likeness (QED) is 0.524. The van der Waals surface area contributed by atoms with Crippen LogP contribution in [0.1, 0.15) is 11.1 Å². The van der Waals surface area contributed by atoms with E-state index in [1.165, 1.54) is 0 Å². The first-order valence-electron chi connectivity index (χ1n) is 7.12. The molecule has 2 aromatic carbocycles. The van der Waals surface area contributed by atoms with Gasteiger partial charge in [0.15, 0.2) is 5.65 Å². The summed E-state index contributed by atoms with van der Waals surface area (Å²) in [5, 5.41) is 13.8. The number of pyridine rings is 1. The Bertz CT molecular complexity index is 1030. The molecular weight excluding hydrogens is 310 g/mol. The van der Waals surface area contributed by atoms with Crippen LogP contribution in [-0.4, -0.2) is 26.3 Å². The van der Waals surface area contributed by atoms with E-state index in [2.05, 4.69) is 38.7 Å². The highest BCUT2D eigenvalue weighted by atomic mass is 35.5. The molecule has 0 spiro atoms. The minimum absolute atomic E-state index is 0.681. The molecule has 0 amide bonds. The molecule has 0 bridgehead atoms. The van der Waals surface area contributed by atoms with E-state index in [1.807, 2.05) is 37.3 Å². The van der Waals surface area contributed by atoms with Crippen LogP contribution in [0.4, 0.5) is 5.69 Å². The summed E-state index contributed by atoms with van der Waals surface area (Å²) >= 11 is 5.89. The molecule has 4 rings (SSSR count). The molecule has 0 saturated heterocycles. The summed E-state index contributed by atoms with van der Waals surface area (Å²) < 4.78 is 1.74. The second-order valence-corrected chi connectivity index (χ2v) is 5.75. The molecule has 0 aliphatic carbocycles. The summed E-state index contributed by atoms with van der Waals surface area (Å²) in [5.41, 5.74) is 4.51. The minimum atomic E-state index is 0.681. The van der Waals surface area contributed by atoms with Crippen LogP contribution in [0.25, 0.3) is 16.6 Å². The molecule has 0 aliphatic heterocycles. The van der Waals surface area contributed by atoms with E-state index in [9.17, 15) is 0 Å².